The second kappa shape index (κ2) is 6.71. The lowest BCUT2D eigenvalue weighted by Crippen LogP contribution is -2.48. The predicted molar refractivity (Wildman–Crippen MR) is 81.8 cm³/mol. The van der Waals surface area contributed by atoms with Gasteiger partial charge in [0.2, 0.25) is 0 Å². The number of hydrogen-bond donors (Lipinski definition) is 3. The van der Waals surface area contributed by atoms with E-state index >= 15 is 0 Å². The minimum absolute atomic E-state index is 0.0541. The first-order valence-corrected chi connectivity index (χ1v) is 6.98. The Morgan fingerprint density at radius 2 is 1.87 bits per heavy atom. The van der Waals surface area contributed by atoms with Crippen LogP contribution in [0.3, 0.4) is 0 Å². The van der Waals surface area contributed by atoms with Crippen molar-refractivity contribution in [2.75, 3.05) is 36.4 Å². The van der Waals surface area contributed by atoms with Crippen molar-refractivity contribution in [1.29, 1.82) is 0 Å². The van der Waals surface area contributed by atoms with E-state index in [1.807, 2.05) is 0 Å². The number of hydrazine groups is 1. The van der Waals surface area contributed by atoms with E-state index < -0.39 is 0 Å². The van der Waals surface area contributed by atoms with E-state index in [9.17, 15) is 15.3 Å². The summed E-state index contributed by atoms with van der Waals surface area (Å²) in [4.78, 5) is 14.9. The third-order valence-electron chi connectivity index (χ3n) is 3.39. The van der Waals surface area contributed by atoms with Crippen molar-refractivity contribution in [1.82, 2.24) is 10.4 Å². The van der Waals surface area contributed by atoms with Crippen LogP contribution >= 0.6 is 0 Å². The van der Waals surface area contributed by atoms with Gasteiger partial charge in [-0.1, -0.05) is 12.1 Å². The minimum atomic E-state index is -0.231. The van der Waals surface area contributed by atoms with Crippen LogP contribution in [0.5, 0.6) is 0 Å². The maximum Gasteiger partial charge on any atom is 0.281 e. The molecule has 0 spiro atoms. The number of ether oxygens (including phenoxy) is 1. The summed E-state index contributed by atoms with van der Waals surface area (Å²) < 4.78 is 5.21. The summed E-state index contributed by atoms with van der Waals surface area (Å²) >= 11 is 0. The molecule has 0 aliphatic carbocycles. The third kappa shape index (κ3) is 3.29. The van der Waals surface area contributed by atoms with Gasteiger partial charge in [-0.2, -0.15) is 4.99 Å². The van der Waals surface area contributed by atoms with Crippen LogP contribution in [-0.4, -0.2) is 47.7 Å². The lowest BCUT2D eigenvalue weighted by atomic mass is 10.2. The van der Waals surface area contributed by atoms with E-state index in [4.69, 9.17) is 4.74 Å². The Hall–Kier alpha value is -2.53. The number of aliphatic imine (C=N–C) groups is 1. The number of para-hydroxylation sites is 2. The van der Waals surface area contributed by atoms with Crippen molar-refractivity contribution < 1.29 is 15.2 Å². The molecule has 0 unspecified atom stereocenters. The molecule has 10 nitrogen and oxygen atoms in total. The maximum absolute atomic E-state index is 11.0. The van der Waals surface area contributed by atoms with Crippen LogP contribution in [0.2, 0.25) is 0 Å². The second-order valence-corrected chi connectivity index (χ2v) is 4.87. The van der Waals surface area contributed by atoms with Crippen molar-refractivity contribution in [3.8, 4) is 0 Å². The SMILES string of the molecule is O=NC(=NC1=CN(O)c2ccccc2N1O)NN1CCOCC1. The summed E-state index contributed by atoms with van der Waals surface area (Å²) in [5.41, 5.74) is 3.47. The smallest absolute Gasteiger partial charge is 0.281 e. The molecule has 3 rings (SSSR count). The average molecular weight is 320 g/mol. The lowest BCUT2D eigenvalue weighted by Gasteiger charge is -2.29. The topological polar surface area (TPSA) is 113 Å². The van der Waals surface area contributed by atoms with Crippen LogP contribution in [0.1, 0.15) is 0 Å². The van der Waals surface area contributed by atoms with Crippen molar-refractivity contribution in [3.63, 3.8) is 0 Å². The molecule has 2 heterocycles. The first kappa shape index (κ1) is 15.4. The number of benzene rings is 1. The minimum Gasteiger partial charge on any atom is -0.379 e. The summed E-state index contributed by atoms with van der Waals surface area (Å²) in [5, 5.41) is 26.3. The summed E-state index contributed by atoms with van der Waals surface area (Å²) in [7, 11) is 0. The van der Waals surface area contributed by atoms with E-state index in [1.165, 1.54) is 6.20 Å². The van der Waals surface area contributed by atoms with E-state index in [2.05, 4.69) is 15.6 Å². The molecule has 2 aliphatic rings. The van der Waals surface area contributed by atoms with Crippen LogP contribution in [0.15, 0.2) is 46.5 Å². The highest BCUT2D eigenvalue weighted by molar-refractivity contribution is 5.83. The molecule has 122 valence electrons. The number of nitrogens with one attached hydrogen (secondary N) is 1. The number of guanidine groups is 1. The standard InChI is InChI=1S/C13H16N6O4/c20-16-13(15-17-5-7-23-8-6-17)14-12-9-18(21)10-3-1-2-4-11(10)19(12)22/h1-4,9,21-22H,5-8H2,(H,14,15). The normalized spacial score (nSPS) is 19.2. The molecule has 3 N–H and O–H groups in total. The zero-order chi connectivity index (χ0) is 16.2. The molecule has 1 aromatic carbocycles. The Kier molecular flexibility index (Phi) is 4.48. The van der Waals surface area contributed by atoms with Gasteiger partial charge in [-0.05, 0) is 12.1 Å². The zero-order valence-electron chi connectivity index (χ0n) is 12.2. The van der Waals surface area contributed by atoms with Crippen LogP contribution < -0.4 is 15.6 Å². The monoisotopic (exact) mass is 320 g/mol. The maximum atomic E-state index is 11.0. The highest BCUT2D eigenvalue weighted by atomic mass is 16.5. The van der Waals surface area contributed by atoms with Gasteiger partial charge in [0, 0.05) is 18.3 Å². The molecule has 23 heavy (non-hydrogen) atoms. The van der Waals surface area contributed by atoms with Gasteiger partial charge < -0.3 is 4.74 Å². The Morgan fingerprint density at radius 3 is 2.57 bits per heavy atom. The molecular formula is C13H16N6O4. The molecule has 0 amide bonds. The molecule has 1 aromatic rings. The lowest BCUT2D eigenvalue weighted by molar-refractivity contribution is 0.0246. The fourth-order valence-corrected chi connectivity index (χ4v) is 2.26. The fraction of sp³-hybridized carbons (Fsp3) is 0.308. The van der Waals surface area contributed by atoms with Crippen LogP contribution in [0, 0.1) is 4.91 Å². The number of nitroso groups, excluding NO2 is 1. The van der Waals surface area contributed by atoms with E-state index in [0.29, 0.717) is 37.7 Å². The van der Waals surface area contributed by atoms with Gasteiger partial charge in [0.1, 0.15) is 0 Å². The van der Waals surface area contributed by atoms with Gasteiger partial charge >= 0.3 is 0 Å². The first-order valence-electron chi connectivity index (χ1n) is 6.98. The Bertz CT molecular complexity index is 643. The Labute approximate surface area is 131 Å². The number of hydroxylamine groups is 2. The van der Waals surface area contributed by atoms with Crippen molar-refractivity contribution in [2.24, 2.45) is 10.2 Å². The largest absolute Gasteiger partial charge is 0.379 e. The molecule has 10 heteroatoms. The molecule has 0 bridgehead atoms. The summed E-state index contributed by atoms with van der Waals surface area (Å²) in [6, 6.07) is 6.65. The van der Waals surface area contributed by atoms with E-state index in [1.54, 1.807) is 29.3 Å². The molecule has 1 saturated heterocycles. The first-order chi connectivity index (χ1) is 11.2. The average Bonchev–Trinajstić information content (AvgIpc) is 2.59. The van der Waals surface area contributed by atoms with Crippen molar-refractivity contribution in [3.05, 3.63) is 41.2 Å². The van der Waals surface area contributed by atoms with Crippen LogP contribution in [0.4, 0.5) is 11.4 Å². The Morgan fingerprint density at radius 1 is 1.17 bits per heavy atom. The van der Waals surface area contributed by atoms with E-state index in [-0.39, 0.29) is 11.8 Å². The highest BCUT2D eigenvalue weighted by Gasteiger charge is 2.23. The molecule has 0 atom stereocenters. The molecular weight excluding hydrogens is 304 g/mol. The van der Waals surface area contributed by atoms with Crippen LogP contribution in [-0.2, 0) is 4.74 Å². The molecule has 0 saturated carbocycles. The fourth-order valence-electron chi connectivity index (χ4n) is 2.26. The van der Waals surface area contributed by atoms with Crippen molar-refractivity contribution in [2.45, 2.75) is 0 Å². The number of fused-ring (bicyclic) bond motifs is 1. The Balaban J connectivity index is 1.81. The molecule has 1 fully saturated rings. The zero-order valence-corrected chi connectivity index (χ0v) is 12.2. The van der Waals surface area contributed by atoms with Crippen molar-refractivity contribution >= 4 is 17.3 Å². The number of nitrogens with zero attached hydrogens (tertiary/aromatic N) is 5. The van der Waals surface area contributed by atoms with E-state index in [0.717, 1.165) is 10.1 Å². The predicted octanol–water partition coefficient (Wildman–Crippen LogP) is 0.850. The number of hydrogen-bond acceptors (Lipinski definition) is 8. The summed E-state index contributed by atoms with van der Waals surface area (Å²) in [6.07, 6.45) is 1.18. The number of morpholine rings is 1. The van der Waals surface area contributed by atoms with Gasteiger partial charge in [0.05, 0.1) is 30.8 Å². The number of rotatable bonds is 2. The number of anilines is 2. The molecule has 0 radical (unpaired) electrons. The molecule has 2 aliphatic heterocycles. The summed E-state index contributed by atoms with van der Waals surface area (Å²) in [5.74, 6) is -0.286. The molecule has 0 aromatic heterocycles. The summed E-state index contributed by atoms with van der Waals surface area (Å²) in [6.45, 7) is 2.22. The van der Waals surface area contributed by atoms with Crippen LogP contribution in [0.25, 0.3) is 0 Å². The van der Waals surface area contributed by atoms with Gasteiger partial charge in [0.25, 0.3) is 5.96 Å². The highest BCUT2D eigenvalue weighted by Crippen LogP contribution is 2.34. The quantitative estimate of drug-likeness (QED) is 0.417. The van der Waals surface area contributed by atoms with Gasteiger partial charge in [-0.3, -0.25) is 15.8 Å². The second-order valence-electron chi connectivity index (χ2n) is 4.87. The van der Waals surface area contributed by atoms with Gasteiger partial charge in [0.15, 0.2) is 5.82 Å². The van der Waals surface area contributed by atoms with Gasteiger partial charge in [-0.25, -0.2) is 15.1 Å². The third-order valence-corrected chi connectivity index (χ3v) is 3.39. The van der Waals surface area contributed by atoms with Gasteiger partial charge in [-0.15, -0.1) is 4.91 Å².